The third-order valence-corrected chi connectivity index (χ3v) is 3.49. The number of hydrogen-bond acceptors (Lipinski definition) is 4. The molecule has 0 unspecified atom stereocenters. The first-order valence-electron chi connectivity index (χ1n) is 8.14. The summed E-state index contributed by atoms with van der Waals surface area (Å²) in [4.78, 5) is 24.5. The van der Waals surface area contributed by atoms with E-state index in [1.807, 2.05) is 13.8 Å². The zero-order valence-electron chi connectivity index (χ0n) is 15.3. The maximum Gasteiger partial charge on any atom is 0.319 e. The van der Waals surface area contributed by atoms with Crippen LogP contribution in [0.4, 0.5) is 16.2 Å². The second-order valence-corrected chi connectivity index (χ2v) is 5.82. The normalized spacial score (nSPS) is 10.2. The molecule has 3 N–H and O–H groups in total. The van der Waals surface area contributed by atoms with Crippen LogP contribution in [-0.2, 0) is 0 Å². The van der Waals surface area contributed by atoms with E-state index in [0.29, 0.717) is 28.4 Å². The summed E-state index contributed by atoms with van der Waals surface area (Å²) in [5.74, 6) is 0.670. The summed E-state index contributed by atoms with van der Waals surface area (Å²) in [6.07, 6.45) is 0. The van der Waals surface area contributed by atoms with Crippen LogP contribution in [0.2, 0.25) is 0 Å². The molecule has 7 heteroatoms. The standard InChI is InChI=1S/C19H23N3O4/c1-12(2)20-19(24)22-15-8-6-5-7-14(15)21-18(23)13-9-10-16(25-3)17(11-13)26-4/h5-12H,1-4H3,(H,21,23)(H2,20,22,24). The minimum absolute atomic E-state index is 0.00326. The number of benzene rings is 2. The second kappa shape index (κ2) is 8.75. The highest BCUT2D eigenvalue weighted by Crippen LogP contribution is 2.28. The molecular formula is C19H23N3O4. The van der Waals surface area contributed by atoms with Crippen LogP contribution in [-0.4, -0.2) is 32.2 Å². The molecule has 0 aliphatic carbocycles. The van der Waals surface area contributed by atoms with Gasteiger partial charge in [-0.3, -0.25) is 4.79 Å². The molecule has 0 aliphatic heterocycles. The van der Waals surface area contributed by atoms with Crippen molar-refractivity contribution in [1.82, 2.24) is 5.32 Å². The quantitative estimate of drug-likeness (QED) is 0.738. The summed E-state index contributed by atoms with van der Waals surface area (Å²) in [5.41, 5.74) is 1.40. The molecule has 0 heterocycles. The molecule has 2 aromatic carbocycles. The second-order valence-electron chi connectivity index (χ2n) is 5.82. The van der Waals surface area contributed by atoms with Gasteiger partial charge in [0.05, 0.1) is 25.6 Å². The molecule has 0 aliphatic rings. The van der Waals surface area contributed by atoms with Gasteiger partial charge in [0, 0.05) is 11.6 Å². The fourth-order valence-corrected chi connectivity index (χ4v) is 2.29. The highest BCUT2D eigenvalue weighted by Gasteiger charge is 2.13. The van der Waals surface area contributed by atoms with Crippen molar-refractivity contribution in [2.45, 2.75) is 19.9 Å². The van der Waals surface area contributed by atoms with E-state index in [9.17, 15) is 9.59 Å². The first-order chi connectivity index (χ1) is 12.4. The van der Waals surface area contributed by atoms with E-state index in [-0.39, 0.29) is 18.0 Å². The van der Waals surface area contributed by atoms with Crippen molar-refractivity contribution in [2.75, 3.05) is 24.9 Å². The molecule has 0 aromatic heterocycles. The van der Waals surface area contributed by atoms with Crippen LogP contribution in [0, 0.1) is 0 Å². The van der Waals surface area contributed by atoms with Crippen LogP contribution in [0.25, 0.3) is 0 Å². The monoisotopic (exact) mass is 357 g/mol. The van der Waals surface area contributed by atoms with E-state index in [1.54, 1.807) is 42.5 Å². The van der Waals surface area contributed by atoms with Gasteiger partial charge in [-0.15, -0.1) is 0 Å². The Hall–Kier alpha value is -3.22. The van der Waals surface area contributed by atoms with Gasteiger partial charge in [-0.2, -0.15) is 0 Å². The van der Waals surface area contributed by atoms with E-state index in [4.69, 9.17) is 9.47 Å². The molecule has 7 nitrogen and oxygen atoms in total. The number of carbonyl (C=O) groups excluding carboxylic acids is 2. The lowest BCUT2D eigenvalue weighted by Crippen LogP contribution is -2.34. The molecular weight excluding hydrogens is 334 g/mol. The fourth-order valence-electron chi connectivity index (χ4n) is 2.29. The fraction of sp³-hybridized carbons (Fsp3) is 0.263. The van der Waals surface area contributed by atoms with Crippen LogP contribution >= 0.6 is 0 Å². The predicted molar refractivity (Wildman–Crippen MR) is 101 cm³/mol. The molecule has 3 amide bonds. The van der Waals surface area contributed by atoms with E-state index in [0.717, 1.165) is 0 Å². The van der Waals surface area contributed by atoms with Crippen molar-refractivity contribution in [3.05, 3.63) is 48.0 Å². The molecule has 26 heavy (non-hydrogen) atoms. The largest absolute Gasteiger partial charge is 0.493 e. The Morgan fingerprint density at radius 3 is 2.08 bits per heavy atom. The smallest absolute Gasteiger partial charge is 0.319 e. The summed E-state index contributed by atoms with van der Waals surface area (Å²) < 4.78 is 10.4. The van der Waals surface area contributed by atoms with Crippen molar-refractivity contribution >= 4 is 23.3 Å². The van der Waals surface area contributed by atoms with Gasteiger partial charge in [-0.1, -0.05) is 12.1 Å². The number of hydrogen-bond donors (Lipinski definition) is 3. The van der Waals surface area contributed by atoms with Crippen LogP contribution in [0.5, 0.6) is 11.5 Å². The first-order valence-corrected chi connectivity index (χ1v) is 8.14. The van der Waals surface area contributed by atoms with Gasteiger partial charge in [0.1, 0.15) is 0 Å². The first kappa shape index (κ1) is 19.1. The van der Waals surface area contributed by atoms with Gasteiger partial charge in [-0.05, 0) is 44.2 Å². The lowest BCUT2D eigenvalue weighted by atomic mass is 10.1. The number of nitrogens with one attached hydrogen (secondary N) is 3. The Labute approximate surface area is 152 Å². The molecule has 0 saturated heterocycles. The van der Waals surface area contributed by atoms with E-state index < -0.39 is 0 Å². The lowest BCUT2D eigenvalue weighted by Gasteiger charge is -2.15. The molecule has 138 valence electrons. The molecule has 0 saturated carbocycles. The maximum absolute atomic E-state index is 12.6. The number of ether oxygens (including phenoxy) is 2. The maximum atomic E-state index is 12.6. The number of carbonyl (C=O) groups is 2. The summed E-state index contributed by atoms with van der Waals surface area (Å²) >= 11 is 0. The number of methoxy groups -OCH3 is 2. The molecule has 0 fully saturated rings. The minimum Gasteiger partial charge on any atom is -0.493 e. The number of anilines is 2. The van der Waals surface area contributed by atoms with E-state index in [1.165, 1.54) is 14.2 Å². The zero-order chi connectivity index (χ0) is 19.1. The molecule has 0 spiro atoms. The average molecular weight is 357 g/mol. The number of rotatable bonds is 6. The van der Waals surface area contributed by atoms with E-state index in [2.05, 4.69) is 16.0 Å². The summed E-state index contributed by atoms with van der Waals surface area (Å²) in [7, 11) is 3.04. The Kier molecular flexibility index (Phi) is 6.43. The third-order valence-electron chi connectivity index (χ3n) is 3.49. The van der Waals surface area contributed by atoms with Gasteiger partial charge in [0.25, 0.3) is 5.91 Å². The summed E-state index contributed by atoms with van der Waals surface area (Å²) in [6.45, 7) is 3.73. The average Bonchev–Trinajstić information content (AvgIpc) is 2.61. The van der Waals surface area contributed by atoms with Crippen molar-refractivity contribution < 1.29 is 19.1 Å². The van der Waals surface area contributed by atoms with Crippen molar-refractivity contribution in [2.24, 2.45) is 0 Å². The van der Waals surface area contributed by atoms with Gasteiger partial charge < -0.3 is 25.4 Å². The van der Waals surface area contributed by atoms with E-state index >= 15 is 0 Å². The van der Waals surface area contributed by atoms with Gasteiger partial charge in [-0.25, -0.2) is 4.79 Å². The highest BCUT2D eigenvalue weighted by molar-refractivity contribution is 6.07. The zero-order valence-corrected chi connectivity index (χ0v) is 15.3. The van der Waals surface area contributed by atoms with Crippen LogP contribution in [0.3, 0.4) is 0 Å². The predicted octanol–water partition coefficient (Wildman–Crippen LogP) is 3.49. The molecule has 0 atom stereocenters. The Morgan fingerprint density at radius 2 is 1.50 bits per heavy atom. The lowest BCUT2D eigenvalue weighted by molar-refractivity contribution is 0.102. The third kappa shape index (κ3) is 4.89. The van der Waals surface area contributed by atoms with Gasteiger partial charge in [0.2, 0.25) is 0 Å². The summed E-state index contributed by atoms with van der Waals surface area (Å²) in [5, 5.41) is 8.26. The minimum atomic E-state index is -0.340. The summed E-state index contributed by atoms with van der Waals surface area (Å²) in [6, 6.07) is 11.5. The highest BCUT2D eigenvalue weighted by atomic mass is 16.5. The number of urea groups is 1. The number of amides is 3. The Bertz CT molecular complexity index is 790. The molecule has 0 bridgehead atoms. The Balaban J connectivity index is 2.18. The van der Waals surface area contributed by atoms with Crippen molar-refractivity contribution in [3.63, 3.8) is 0 Å². The van der Waals surface area contributed by atoms with Gasteiger partial charge >= 0.3 is 6.03 Å². The number of para-hydroxylation sites is 2. The van der Waals surface area contributed by atoms with Gasteiger partial charge in [0.15, 0.2) is 11.5 Å². The molecule has 0 radical (unpaired) electrons. The molecule has 2 aromatic rings. The van der Waals surface area contributed by atoms with Crippen LogP contribution in [0.15, 0.2) is 42.5 Å². The molecule has 2 rings (SSSR count). The Morgan fingerprint density at radius 1 is 0.885 bits per heavy atom. The topological polar surface area (TPSA) is 88.7 Å². The van der Waals surface area contributed by atoms with Crippen LogP contribution < -0.4 is 25.4 Å². The van der Waals surface area contributed by atoms with Crippen LogP contribution in [0.1, 0.15) is 24.2 Å². The van der Waals surface area contributed by atoms with Crippen molar-refractivity contribution in [1.29, 1.82) is 0 Å². The SMILES string of the molecule is COc1ccc(C(=O)Nc2ccccc2NC(=O)NC(C)C)cc1OC. The van der Waals surface area contributed by atoms with Crippen molar-refractivity contribution in [3.8, 4) is 11.5 Å².